The molecule has 0 spiro atoms. The largest absolute Gasteiger partial charge is 0.444 e. The highest BCUT2D eigenvalue weighted by Gasteiger charge is 2.28. The van der Waals surface area contributed by atoms with Crippen LogP contribution in [0.1, 0.15) is 45.2 Å². The molecule has 1 aliphatic heterocycles. The van der Waals surface area contributed by atoms with Gasteiger partial charge in [0.25, 0.3) is 0 Å². The first-order valence-corrected chi connectivity index (χ1v) is 6.69. The smallest absolute Gasteiger partial charge is 0.410 e. The molecule has 2 rings (SSSR count). The Kier molecular flexibility index (Phi) is 4.02. The summed E-state index contributed by atoms with van der Waals surface area (Å²) in [5.41, 5.74) is 0.507. The third-order valence-corrected chi connectivity index (χ3v) is 3.07. The van der Waals surface area contributed by atoms with Gasteiger partial charge in [0.05, 0.1) is 5.69 Å². The van der Waals surface area contributed by atoms with Gasteiger partial charge in [-0.2, -0.15) is 0 Å². The fourth-order valence-electron chi connectivity index (χ4n) is 2.23. The van der Waals surface area contributed by atoms with Crippen LogP contribution in [0.2, 0.25) is 0 Å². The van der Waals surface area contributed by atoms with E-state index in [1.165, 1.54) is 0 Å². The molecule has 1 saturated heterocycles. The topological polar surface area (TPSA) is 55.3 Å². The van der Waals surface area contributed by atoms with Gasteiger partial charge in [0.1, 0.15) is 5.60 Å². The van der Waals surface area contributed by atoms with Gasteiger partial charge in [-0.25, -0.2) is 4.79 Å². The Balaban J connectivity index is 2.00. The van der Waals surface area contributed by atoms with Gasteiger partial charge in [-0.15, -0.1) is 0 Å². The van der Waals surface area contributed by atoms with Gasteiger partial charge in [0.2, 0.25) is 0 Å². The molecule has 1 atom stereocenters. The summed E-state index contributed by atoms with van der Waals surface area (Å²) in [5.74, 6) is 0.259. The Hall–Kier alpha value is -1.65. The molecular weight excluding hydrogens is 242 g/mol. The molecule has 0 N–H and O–H groups in total. The normalized spacial score (nSPS) is 20.2. The molecule has 0 aromatic carbocycles. The average molecular weight is 263 g/mol. The Bertz CT molecular complexity index is 428. The van der Waals surface area contributed by atoms with Crippen molar-refractivity contribution in [2.24, 2.45) is 0 Å². The van der Waals surface area contributed by atoms with E-state index >= 15 is 0 Å². The van der Waals surface area contributed by atoms with Gasteiger partial charge in [-0.05, 0) is 33.6 Å². The first-order valence-electron chi connectivity index (χ1n) is 6.69. The van der Waals surface area contributed by atoms with Crippen LogP contribution in [0, 0.1) is 0 Å². The van der Waals surface area contributed by atoms with E-state index in [1.54, 1.807) is 23.5 Å². The third-order valence-electron chi connectivity index (χ3n) is 3.07. The number of likely N-dealkylation sites (tertiary alicyclic amines) is 1. The molecule has 1 amide bonds. The predicted octanol–water partition coefficient (Wildman–Crippen LogP) is 2.59. The molecule has 5 nitrogen and oxygen atoms in total. The second-order valence-corrected chi connectivity index (χ2v) is 5.90. The van der Waals surface area contributed by atoms with E-state index in [9.17, 15) is 4.79 Å². The SMILES string of the molecule is CC(C)(C)OC(=O)N1CCC[C@@H](c2cnccn2)C1. The summed E-state index contributed by atoms with van der Waals surface area (Å²) in [6.45, 7) is 7.07. The van der Waals surface area contributed by atoms with Crippen molar-refractivity contribution in [3.05, 3.63) is 24.3 Å². The number of aromatic nitrogens is 2. The molecule has 0 unspecified atom stereocenters. The van der Waals surface area contributed by atoms with Gasteiger partial charge in [0, 0.05) is 37.6 Å². The standard InChI is InChI=1S/C14H21N3O2/c1-14(2,3)19-13(18)17-8-4-5-11(10-17)12-9-15-6-7-16-12/h6-7,9,11H,4-5,8,10H2,1-3H3/t11-/m1/s1. The summed E-state index contributed by atoms with van der Waals surface area (Å²) in [6, 6.07) is 0. The van der Waals surface area contributed by atoms with E-state index in [0.29, 0.717) is 6.54 Å². The molecule has 0 bridgehead atoms. The van der Waals surface area contributed by atoms with Gasteiger partial charge >= 0.3 is 6.09 Å². The van der Waals surface area contributed by atoms with E-state index in [0.717, 1.165) is 25.1 Å². The van der Waals surface area contributed by atoms with Crippen LogP contribution in [0.5, 0.6) is 0 Å². The van der Waals surface area contributed by atoms with Gasteiger partial charge in [-0.1, -0.05) is 0 Å². The van der Waals surface area contributed by atoms with Crippen LogP contribution in [0.4, 0.5) is 4.79 Å². The number of amides is 1. The van der Waals surface area contributed by atoms with Crippen molar-refractivity contribution in [2.45, 2.75) is 45.1 Å². The van der Waals surface area contributed by atoms with E-state index in [1.807, 2.05) is 20.8 Å². The highest BCUT2D eigenvalue weighted by atomic mass is 16.6. The van der Waals surface area contributed by atoms with Crippen LogP contribution in [0.25, 0.3) is 0 Å². The Morgan fingerprint density at radius 3 is 2.84 bits per heavy atom. The van der Waals surface area contributed by atoms with Crippen molar-refractivity contribution in [1.29, 1.82) is 0 Å². The van der Waals surface area contributed by atoms with E-state index in [-0.39, 0.29) is 12.0 Å². The van der Waals surface area contributed by atoms with Crippen LogP contribution in [-0.4, -0.2) is 39.7 Å². The zero-order valence-corrected chi connectivity index (χ0v) is 11.8. The summed E-state index contributed by atoms with van der Waals surface area (Å²) in [6.07, 6.45) is 6.92. The van der Waals surface area contributed by atoms with Crippen molar-refractivity contribution >= 4 is 6.09 Å². The van der Waals surface area contributed by atoms with E-state index in [4.69, 9.17) is 4.74 Å². The van der Waals surface area contributed by atoms with Gasteiger partial charge in [0.15, 0.2) is 0 Å². The molecule has 0 radical (unpaired) electrons. The number of carbonyl (C=O) groups excluding carboxylic acids is 1. The minimum Gasteiger partial charge on any atom is -0.444 e. The lowest BCUT2D eigenvalue weighted by atomic mass is 9.95. The lowest BCUT2D eigenvalue weighted by Crippen LogP contribution is -2.42. The van der Waals surface area contributed by atoms with Crippen molar-refractivity contribution < 1.29 is 9.53 Å². The molecule has 1 aliphatic rings. The quantitative estimate of drug-likeness (QED) is 0.781. The maximum atomic E-state index is 12.1. The van der Waals surface area contributed by atoms with Crippen LogP contribution < -0.4 is 0 Å². The number of ether oxygens (including phenoxy) is 1. The zero-order chi connectivity index (χ0) is 13.9. The minimum absolute atomic E-state index is 0.235. The van der Waals surface area contributed by atoms with Crippen LogP contribution in [0.3, 0.4) is 0 Å². The fraction of sp³-hybridized carbons (Fsp3) is 0.643. The fourth-order valence-corrected chi connectivity index (χ4v) is 2.23. The molecule has 0 aliphatic carbocycles. The molecule has 1 fully saturated rings. The first-order chi connectivity index (χ1) is 8.96. The van der Waals surface area contributed by atoms with Crippen molar-refractivity contribution in [3.8, 4) is 0 Å². The zero-order valence-electron chi connectivity index (χ0n) is 11.8. The number of hydrogen-bond acceptors (Lipinski definition) is 4. The number of nitrogens with zero attached hydrogens (tertiary/aromatic N) is 3. The maximum Gasteiger partial charge on any atom is 0.410 e. The molecule has 19 heavy (non-hydrogen) atoms. The summed E-state index contributed by atoms with van der Waals surface area (Å²) in [4.78, 5) is 22.3. The molecule has 1 aromatic rings. The van der Waals surface area contributed by atoms with Gasteiger partial charge < -0.3 is 9.64 Å². The first kappa shape index (κ1) is 13.8. The Labute approximate surface area is 114 Å². The van der Waals surface area contributed by atoms with Crippen molar-refractivity contribution in [2.75, 3.05) is 13.1 Å². The average Bonchev–Trinajstić information content (AvgIpc) is 2.38. The molecule has 0 saturated carbocycles. The predicted molar refractivity (Wildman–Crippen MR) is 71.8 cm³/mol. The van der Waals surface area contributed by atoms with Crippen LogP contribution >= 0.6 is 0 Å². The van der Waals surface area contributed by atoms with E-state index in [2.05, 4.69) is 9.97 Å². The summed E-state index contributed by atoms with van der Waals surface area (Å²) in [5, 5.41) is 0. The number of carbonyl (C=O) groups is 1. The number of piperidine rings is 1. The van der Waals surface area contributed by atoms with Gasteiger partial charge in [-0.3, -0.25) is 9.97 Å². The molecule has 5 heteroatoms. The Morgan fingerprint density at radius 2 is 2.21 bits per heavy atom. The third kappa shape index (κ3) is 3.91. The Morgan fingerprint density at radius 1 is 1.42 bits per heavy atom. The molecule has 1 aromatic heterocycles. The van der Waals surface area contributed by atoms with Crippen molar-refractivity contribution in [1.82, 2.24) is 14.9 Å². The highest BCUT2D eigenvalue weighted by molar-refractivity contribution is 5.68. The van der Waals surface area contributed by atoms with Crippen molar-refractivity contribution in [3.63, 3.8) is 0 Å². The second-order valence-electron chi connectivity index (χ2n) is 5.90. The second kappa shape index (κ2) is 5.55. The lowest BCUT2D eigenvalue weighted by Gasteiger charge is -2.33. The summed E-state index contributed by atoms with van der Waals surface area (Å²) < 4.78 is 5.41. The number of hydrogen-bond donors (Lipinski definition) is 0. The monoisotopic (exact) mass is 263 g/mol. The van der Waals surface area contributed by atoms with Crippen LogP contribution in [0.15, 0.2) is 18.6 Å². The molecule has 104 valence electrons. The molecule has 2 heterocycles. The number of rotatable bonds is 1. The van der Waals surface area contributed by atoms with E-state index < -0.39 is 5.60 Å². The lowest BCUT2D eigenvalue weighted by molar-refractivity contribution is 0.0197. The minimum atomic E-state index is -0.448. The summed E-state index contributed by atoms with van der Waals surface area (Å²) in [7, 11) is 0. The summed E-state index contributed by atoms with van der Waals surface area (Å²) >= 11 is 0. The maximum absolute atomic E-state index is 12.1. The molecular formula is C14H21N3O2. The highest BCUT2D eigenvalue weighted by Crippen LogP contribution is 2.25. The van der Waals surface area contributed by atoms with Crippen LogP contribution in [-0.2, 0) is 4.74 Å².